The zero-order valence-corrected chi connectivity index (χ0v) is 14.4. The van der Waals surface area contributed by atoms with Crippen LogP contribution in [0.5, 0.6) is 0 Å². The fourth-order valence-corrected chi connectivity index (χ4v) is 2.96. The van der Waals surface area contributed by atoms with Crippen molar-refractivity contribution < 1.29 is 14.3 Å². The Morgan fingerprint density at radius 3 is 2.23 bits per heavy atom. The van der Waals surface area contributed by atoms with Crippen LogP contribution < -0.4 is 5.32 Å². The van der Waals surface area contributed by atoms with Gasteiger partial charge >= 0.3 is 0 Å². The average molecular weight is 349 g/mol. The van der Waals surface area contributed by atoms with Gasteiger partial charge in [0.05, 0.1) is 12.1 Å². The number of benzene rings is 3. The minimum absolute atomic E-state index is 0.257. The highest BCUT2D eigenvalue weighted by molar-refractivity contribution is 6.01. The van der Waals surface area contributed by atoms with E-state index in [-0.39, 0.29) is 11.5 Å². The summed E-state index contributed by atoms with van der Waals surface area (Å²) in [5.41, 5.74) is 2.43. The molecular formula is C22H20FNO2. The summed E-state index contributed by atoms with van der Waals surface area (Å²) in [6.07, 6.45) is -0.945. The molecule has 132 valence electrons. The number of halogens is 1. The summed E-state index contributed by atoms with van der Waals surface area (Å²) in [4.78, 5) is 12.9. The monoisotopic (exact) mass is 349 g/mol. The molecule has 0 heterocycles. The molecule has 26 heavy (non-hydrogen) atoms. The van der Waals surface area contributed by atoms with Gasteiger partial charge in [-0.3, -0.25) is 4.79 Å². The lowest BCUT2D eigenvalue weighted by molar-refractivity contribution is 0.0855. The van der Waals surface area contributed by atoms with E-state index in [2.05, 4.69) is 5.32 Å². The lowest BCUT2D eigenvalue weighted by Gasteiger charge is -2.23. The number of hydrogen-bond donors (Lipinski definition) is 2. The van der Waals surface area contributed by atoms with Crippen LogP contribution in [0.3, 0.4) is 0 Å². The molecule has 0 saturated carbocycles. The van der Waals surface area contributed by atoms with Gasteiger partial charge in [-0.25, -0.2) is 4.39 Å². The molecule has 0 aliphatic heterocycles. The van der Waals surface area contributed by atoms with E-state index in [0.717, 1.165) is 11.1 Å². The highest BCUT2D eigenvalue weighted by Crippen LogP contribution is 2.25. The van der Waals surface area contributed by atoms with Crippen LogP contribution in [0.15, 0.2) is 78.9 Å². The van der Waals surface area contributed by atoms with E-state index < -0.39 is 18.0 Å². The number of carbonyl (C=O) groups excluding carboxylic acids is 1. The molecule has 0 spiro atoms. The van der Waals surface area contributed by atoms with Crippen molar-refractivity contribution in [1.29, 1.82) is 0 Å². The maximum atomic E-state index is 14.1. The molecule has 3 rings (SSSR count). The van der Waals surface area contributed by atoms with Crippen molar-refractivity contribution in [2.24, 2.45) is 0 Å². The first-order valence-electron chi connectivity index (χ1n) is 8.45. The molecule has 2 atom stereocenters. The molecule has 3 nitrogen and oxygen atoms in total. The summed E-state index contributed by atoms with van der Waals surface area (Å²) in [6, 6.07) is 22.1. The summed E-state index contributed by atoms with van der Waals surface area (Å²) in [7, 11) is 0. The van der Waals surface area contributed by atoms with Crippen molar-refractivity contribution in [3.05, 3.63) is 95.8 Å². The lowest BCUT2D eigenvalue weighted by atomic mass is 9.97. The number of nitrogens with one attached hydrogen (secondary N) is 1. The molecule has 1 amide bonds. The second kappa shape index (κ2) is 7.93. The topological polar surface area (TPSA) is 49.3 Å². The summed E-state index contributed by atoms with van der Waals surface area (Å²) in [6.45, 7) is 1.53. The molecule has 0 aromatic heterocycles. The summed E-state index contributed by atoms with van der Waals surface area (Å²) in [5, 5.41) is 12.9. The number of amides is 1. The van der Waals surface area contributed by atoms with Crippen LogP contribution in [-0.2, 0) is 0 Å². The minimum Gasteiger partial charge on any atom is -0.391 e. The molecule has 2 unspecified atom stereocenters. The van der Waals surface area contributed by atoms with Crippen molar-refractivity contribution in [1.82, 2.24) is 5.32 Å². The smallest absolute Gasteiger partial charge is 0.252 e. The number of hydrogen-bond acceptors (Lipinski definition) is 2. The predicted molar refractivity (Wildman–Crippen MR) is 100 cm³/mol. The van der Waals surface area contributed by atoms with Gasteiger partial charge in [0.15, 0.2) is 0 Å². The zero-order chi connectivity index (χ0) is 18.5. The Bertz CT molecular complexity index is 893. The van der Waals surface area contributed by atoms with Crippen molar-refractivity contribution in [2.45, 2.75) is 19.1 Å². The van der Waals surface area contributed by atoms with Gasteiger partial charge in [-0.05, 0) is 30.2 Å². The Labute approximate surface area is 152 Å². The Morgan fingerprint density at radius 1 is 0.923 bits per heavy atom. The van der Waals surface area contributed by atoms with Crippen LogP contribution in [0.4, 0.5) is 4.39 Å². The van der Waals surface area contributed by atoms with E-state index in [1.165, 1.54) is 13.0 Å². The number of aliphatic hydroxyl groups excluding tert-OH is 1. The third-order valence-corrected chi connectivity index (χ3v) is 4.27. The number of rotatable bonds is 5. The Balaban J connectivity index is 1.94. The molecule has 0 aliphatic rings. The van der Waals surface area contributed by atoms with E-state index in [9.17, 15) is 14.3 Å². The van der Waals surface area contributed by atoms with Gasteiger partial charge in [-0.15, -0.1) is 0 Å². The van der Waals surface area contributed by atoms with Crippen LogP contribution in [0.2, 0.25) is 0 Å². The van der Waals surface area contributed by atoms with E-state index in [4.69, 9.17) is 0 Å². The summed E-state index contributed by atoms with van der Waals surface area (Å²) < 4.78 is 14.1. The molecule has 2 N–H and O–H groups in total. The van der Waals surface area contributed by atoms with Gasteiger partial charge in [-0.2, -0.15) is 0 Å². The van der Waals surface area contributed by atoms with Gasteiger partial charge in [0, 0.05) is 11.1 Å². The Hall–Kier alpha value is -2.98. The molecule has 0 radical (unpaired) electrons. The fourth-order valence-electron chi connectivity index (χ4n) is 2.96. The average Bonchev–Trinajstić information content (AvgIpc) is 2.67. The third-order valence-electron chi connectivity index (χ3n) is 4.27. The predicted octanol–water partition coefficient (Wildman–Crippen LogP) is 4.34. The molecule has 3 aromatic rings. The van der Waals surface area contributed by atoms with Crippen molar-refractivity contribution in [2.75, 3.05) is 0 Å². The number of carbonyl (C=O) groups is 1. The molecule has 0 bridgehead atoms. The molecule has 3 aromatic carbocycles. The van der Waals surface area contributed by atoms with Crippen molar-refractivity contribution in [3.63, 3.8) is 0 Å². The van der Waals surface area contributed by atoms with Crippen molar-refractivity contribution in [3.8, 4) is 11.1 Å². The summed E-state index contributed by atoms with van der Waals surface area (Å²) in [5.74, 6) is -0.825. The fraction of sp³-hybridized carbons (Fsp3) is 0.136. The minimum atomic E-state index is -0.945. The van der Waals surface area contributed by atoms with Crippen LogP contribution in [0.1, 0.15) is 28.9 Å². The lowest BCUT2D eigenvalue weighted by Crippen LogP contribution is -2.35. The van der Waals surface area contributed by atoms with Crippen LogP contribution in [-0.4, -0.2) is 17.1 Å². The van der Waals surface area contributed by atoms with Gasteiger partial charge in [0.25, 0.3) is 5.91 Å². The first-order chi connectivity index (χ1) is 12.6. The van der Waals surface area contributed by atoms with Crippen LogP contribution in [0, 0.1) is 5.82 Å². The largest absolute Gasteiger partial charge is 0.391 e. The van der Waals surface area contributed by atoms with Gasteiger partial charge in [-0.1, -0.05) is 66.7 Å². The van der Waals surface area contributed by atoms with Crippen LogP contribution in [0.25, 0.3) is 11.1 Å². The normalized spacial score (nSPS) is 13.0. The second-order valence-corrected chi connectivity index (χ2v) is 6.12. The standard InChI is InChI=1S/C22H20FNO2/c1-15(25)21(19-13-7-8-14-20(19)23)24-22(26)18-12-6-5-11-17(18)16-9-3-2-4-10-16/h2-15,21,25H,1H3,(H,24,26). The van der Waals surface area contributed by atoms with E-state index >= 15 is 0 Å². The molecule has 0 aliphatic carbocycles. The van der Waals surface area contributed by atoms with Crippen molar-refractivity contribution >= 4 is 5.91 Å². The summed E-state index contributed by atoms with van der Waals surface area (Å²) >= 11 is 0. The van der Waals surface area contributed by atoms with E-state index in [0.29, 0.717) is 5.56 Å². The highest BCUT2D eigenvalue weighted by atomic mass is 19.1. The highest BCUT2D eigenvalue weighted by Gasteiger charge is 2.24. The zero-order valence-electron chi connectivity index (χ0n) is 14.4. The van der Waals surface area contributed by atoms with E-state index in [1.54, 1.807) is 30.3 Å². The Kier molecular flexibility index (Phi) is 5.44. The second-order valence-electron chi connectivity index (χ2n) is 6.12. The maximum absolute atomic E-state index is 14.1. The molecule has 0 fully saturated rings. The van der Waals surface area contributed by atoms with Crippen LogP contribution >= 0.6 is 0 Å². The maximum Gasteiger partial charge on any atom is 0.252 e. The molecule has 4 heteroatoms. The number of aliphatic hydroxyl groups is 1. The van der Waals surface area contributed by atoms with Gasteiger partial charge in [0.1, 0.15) is 5.82 Å². The Morgan fingerprint density at radius 2 is 1.54 bits per heavy atom. The van der Waals surface area contributed by atoms with Gasteiger partial charge in [0.2, 0.25) is 0 Å². The first-order valence-corrected chi connectivity index (χ1v) is 8.45. The van der Waals surface area contributed by atoms with Gasteiger partial charge < -0.3 is 10.4 Å². The molecular weight excluding hydrogens is 329 g/mol. The molecule has 0 saturated heterocycles. The first kappa shape index (κ1) is 17.8. The third kappa shape index (κ3) is 3.81. The quantitative estimate of drug-likeness (QED) is 0.720. The SMILES string of the molecule is CC(O)C(NC(=O)c1ccccc1-c1ccccc1)c1ccccc1F. The van der Waals surface area contributed by atoms with E-state index in [1.807, 2.05) is 42.5 Å².